The van der Waals surface area contributed by atoms with E-state index in [1.807, 2.05) is 6.08 Å². The van der Waals surface area contributed by atoms with Gasteiger partial charge in [-0.05, 0) is 18.9 Å². The van der Waals surface area contributed by atoms with Crippen molar-refractivity contribution in [3.05, 3.63) is 22.8 Å². The summed E-state index contributed by atoms with van der Waals surface area (Å²) in [5.41, 5.74) is 0. The van der Waals surface area contributed by atoms with Crippen LogP contribution in [-0.4, -0.2) is 5.11 Å². The fourth-order valence-corrected chi connectivity index (χ4v) is 0.870. The first kappa shape index (κ1) is 5.76. The van der Waals surface area contributed by atoms with Crippen molar-refractivity contribution in [2.24, 2.45) is 0 Å². The third kappa shape index (κ3) is 1.07. The summed E-state index contributed by atoms with van der Waals surface area (Å²) in [6.45, 7) is 0. The molecule has 0 unspecified atom stereocenters. The van der Waals surface area contributed by atoms with E-state index in [-0.39, 0.29) is 0 Å². The van der Waals surface area contributed by atoms with Gasteiger partial charge in [-0.2, -0.15) is 0 Å². The molecule has 0 saturated carbocycles. The molecule has 0 radical (unpaired) electrons. The van der Waals surface area contributed by atoms with E-state index in [1.54, 1.807) is 6.08 Å². The first-order chi connectivity index (χ1) is 3.80. The summed E-state index contributed by atoms with van der Waals surface area (Å²) < 4.78 is 0. The van der Waals surface area contributed by atoms with Crippen LogP contribution in [0.3, 0.4) is 0 Å². The molecule has 0 amide bonds. The molecule has 1 aliphatic rings. The van der Waals surface area contributed by atoms with E-state index >= 15 is 0 Å². The van der Waals surface area contributed by atoms with Crippen molar-refractivity contribution in [3.8, 4) is 0 Å². The SMILES string of the molecule is OC1=CCCC=C1S. The molecule has 0 spiro atoms. The normalized spacial score (nSPS) is 19.6. The summed E-state index contributed by atoms with van der Waals surface area (Å²) >= 11 is 4.00. The summed E-state index contributed by atoms with van der Waals surface area (Å²) in [6, 6.07) is 0. The average molecular weight is 128 g/mol. The van der Waals surface area contributed by atoms with Crippen LogP contribution in [-0.2, 0) is 0 Å². The molecule has 1 nitrogen and oxygen atoms in total. The second kappa shape index (κ2) is 2.27. The molecule has 0 atom stereocenters. The average Bonchev–Trinajstić information content (AvgIpc) is 1.77. The lowest BCUT2D eigenvalue weighted by atomic mass is 10.2. The van der Waals surface area contributed by atoms with E-state index in [2.05, 4.69) is 12.6 Å². The monoisotopic (exact) mass is 128 g/mol. The number of hydrogen-bond donors (Lipinski definition) is 2. The first-order valence-electron chi connectivity index (χ1n) is 2.59. The Bertz CT molecular complexity index is 129. The predicted octanol–water partition coefficient (Wildman–Crippen LogP) is 2.04. The van der Waals surface area contributed by atoms with E-state index in [9.17, 15) is 0 Å². The molecular weight excluding hydrogens is 120 g/mol. The fourth-order valence-electron chi connectivity index (χ4n) is 0.649. The Balaban J connectivity index is 2.73. The molecule has 1 aliphatic carbocycles. The Hall–Kier alpha value is -0.370. The minimum atomic E-state index is 0.319. The molecule has 0 fully saturated rings. The molecule has 0 aromatic carbocycles. The Morgan fingerprint density at radius 3 is 2.38 bits per heavy atom. The maximum absolute atomic E-state index is 8.89. The summed E-state index contributed by atoms with van der Waals surface area (Å²) in [6.07, 6.45) is 5.64. The highest BCUT2D eigenvalue weighted by molar-refractivity contribution is 7.84. The van der Waals surface area contributed by atoms with Crippen molar-refractivity contribution in [2.45, 2.75) is 12.8 Å². The number of hydrogen-bond acceptors (Lipinski definition) is 2. The van der Waals surface area contributed by atoms with Gasteiger partial charge in [0.1, 0.15) is 5.76 Å². The summed E-state index contributed by atoms with van der Waals surface area (Å²) in [5.74, 6) is 0.319. The van der Waals surface area contributed by atoms with Crippen molar-refractivity contribution in [2.75, 3.05) is 0 Å². The van der Waals surface area contributed by atoms with Crippen LogP contribution in [0.15, 0.2) is 22.8 Å². The largest absolute Gasteiger partial charge is 0.507 e. The van der Waals surface area contributed by atoms with Crippen LogP contribution < -0.4 is 0 Å². The van der Waals surface area contributed by atoms with Gasteiger partial charge in [-0.1, -0.05) is 6.08 Å². The number of aliphatic hydroxyl groups excluding tert-OH is 1. The molecule has 2 heteroatoms. The number of allylic oxidation sites excluding steroid dienone is 2. The highest BCUT2D eigenvalue weighted by Gasteiger charge is 1.99. The standard InChI is InChI=1S/C6H8OS/c7-5-3-1-2-4-6(5)8/h3-4,7-8H,1-2H2. The smallest absolute Gasteiger partial charge is 0.124 e. The second-order valence-electron chi connectivity index (χ2n) is 1.76. The van der Waals surface area contributed by atoms with Gasteiger partial charge >= 0.3 is 0 Å². The lowest BCUT2D eigenvalue weighted by Crippen LogP contribution is -1.86. The van der Waals surface area contributed by atoms with Crippen LogP contribution in [0.25, 0.3) is 0 Å². The summed E-state index contributed by atoms with van der Waals surface area (Å²) in [7, 11) is 0. The van der Waals surface area contributed by atoms with Crippen LogP contribution in [0.4, 0.5) is 0 Å². The Morgan fingerprint density at radius 1 is 1.38 bits per heavy atom. The zero-order valence-electron chi connectivity index (χ0n) is 4.46. The molecule has 0 aromatic rings. The van der Waals surface area contributed by atoms with Gasteiger partial charge in [-0.25, -0.2) is 0 Å². The molecule has 8 heavy (non-hydrogen) atoms. The molecule has 0 aromatic heterocycles. The Morgan fingerprint density at radius 2 is 2.00 bits per heavy atom. The van der Waals surface area contributed by atoms with Crippen LogP contribution >= 0.6 is 12.6 Å². The number of rotatable bonds is 0. The molecule has 0 saturated heterocycles. The van der Waals surface area contributed by atoms with E-state index in [0.29, 0.717) is 10.7 Å². The van der Waals surface area contributed by atoms with Crippen molar-refractivity contribution < 1.29 is 5.11 Å². The van der Waals surface area contributed by atoms with Gasteiger partial charge in [-0.15, -0.1) is 12.6 Å². The minimum absolute atomic E-state index is 0.319. The lowest BCUT2D eigenvalue weighted by molar-refractivity contribution is 0.424. The van der Waals surface area contributed by atoms with Crippen molar-refractivity contribution >= 4 is 12.6 Å². The van der Waals surface area contributed by atoms with Crippen LogP contribution in [0.2, 0.25) is 0 Å². The van der Waals surface area contributed by atoms with E-state index in [4.69, 9.17) is 5.11 Å². The fraction of sp³-hybridized carbons (Fsp3) is 0.333. The first-order valence-corrected chi connectivity index (χ1v) is 3.04. The summed E-state index contributed by atoms with van der Waals surface area (Å²) in [5, 5.41) is 8.89. The Labute approximate surface area is 54.1 Å². The highest BCUT2D eigenvalue weighted by Crippen LogP contribution is 2.18. The van der Waals surface area contributed by atoms with Gasteiger partial charge in [-0.3, -0.25) is 0 Å². The highest BCUT2D eigenvalue weighted by atomic mass is 32.1. The Kier molecular flexibility index (Phi) is 1.63. The molecule has 0 bridgehead atoms. The zero-order valence-corrected chi connectivity index (χ0v) is 5.36. The predicted molar refractivity (Wildman–Crippen MR) is 37.0 cm³/mol. The van der Waals surface area contributed by atoms with Gasteiger partial charge in [0.25, 0.3) is 0 Å². The minimum Gasteiger partial charge on any atom is -0.507 e. The van der Waals surface area contributed by atoms with Gasteiger partial charge in [0, 0.05) is 4.91 Å². The van der Waals surface area contributed by atoms with E-state index in [0.717, 1.165) is 12.8 Å². The van der Waals surface area contributed by atoms with Gasteiger partial charge < -0.3 is 5.11 Å². The van der Waals surface area contributed by atoms with Gasteiger partial charge in [0.2, 0.25) is 0 Å². The molecular formula is C6H8OS. The third-order valence-electron chi connectivity index (χ3n) is 1.10. The van der Waals surface area contributed by atoms with Crippen molar-refractivity contribution in [1.82, 2.24) is 0 Å². The topological polar surface area (TPSA) is 20.2 Å². The van der Waals surface area contributed by atoms with Crippen LogP contribution in [0, 0.1) is 0 Å². The molecule has 1 rings (SSSR count). The third-order valence-corrected chi connectivity index (χ3v) is 1.52. The maximum atomic E-state index is 8.89. The van der Waals surface area contributed by atoms with Crippen molar-refractivity contribution in [1.29, 1.82) is 0 Å². The number of aliphatic hydroxyl groups is 1. The maximum Gasteiger partial charge on any atom is 0.124 e. The molecule has 44 valence electrons. The van der Waals surface area contributed by atoms with Crippen LogP contribution in [0.5, 0.6) is 0 Å². The lowest BCUT2D eigenvalue weighted by Gasteiger charge is -2.03. The molecule has 0 aliphatic heterocycles. The quantitative estimate of drug-likeness (QED) is 0.478. The van der Waals surface area contributed by atoms with Crippen LogP contribution in [0.1, 0.15) is 12.8 Å². The van der Waals surface area contributed by atoms with E-state index < -0.39 is 0 Å². The summed E-state index contributed by atoms with van der Waals surface area (Å²) in [4.78, 5) is 0.705. The van der Waals surface area contributed by atoms with Gasteiger partial charge in [0.15, 0.2) is 0 Å². The zero-order chi connectivity index (χ0) is 5.98. The second-order valence-corrected chi connectivity index (χ2v) is 2.24. The molecule has 0 heterocycles. The van der Waals surface area contributed by atoms with E-state index in [1.165, 1.54) is 0 Å². The van der Waals surface area contributed by atoms with Gasteiger partial charge in [0.05, 0.1) is 0 Å². The molecule has 1 N–H and O–H groups in total. The number of thiol groups is 1. The van der Waals surface area contributed by atoms with Crippen molar-refractivity contribution in [3.63, 3.8) is 0 Å².